The topological polar surface area (TPSA) is 110 Å². The van der Waals surface area contributed by atoms with Crippen molar-refractivity contribution in [2.75, 3.05) is 32.8 Å². The van der Waals surface area contributed by atoms with Gasteiger partial charge in [0.25, 0.3) is 0 Å². The highest BCUT2D eigenvalue weighted by atomic mass is 16.4. The first-order chi connectivity index (χ1) is 8.95. The van der Waals surface area contributed by atoms with Crippen molar-refractivity contribution in [3.05, 3.63) is 0 Å². The van der Waals surface area contributed by atoms with Gasteiger partial charge in [-0.1, -0.05) is 0 Å². The molecule has 1 heterocycles. The number of carbonyl (C=O) groups is 3. The van der Waals surface area contributed by atoms with Crippen LogP contribution in [0.4, 0.5) is 4.79 Å². The van der Waals surface area contributed by atoms with Crippen LogP contribution in [0.1, 0.15) is 13.3 Å². The molecular weight excluding hydrogens is 254 g/mol. The Morgan fingerprint density at radius 1 is 1.16 bits per heavy atom. The van der Waals surface area contributed by atoms with Crippen molar-refractivity contribution in [2.45, 2.75) is 19.4 Å². The fourth-order valence-electron chi connectivity index (χ4n) is 1.85. The molecule has 3 N–H and O–H groups in total. The maximum atomic E-state index is 11.8. The maximum absolute atomic E-state index is 11.8. The number of aliphatic carboxylic acids is 1. The lowest BCUT2D eigenvalue weighted by Crippen LogP contribution is -2.55. The van der Waals surface area contributed by atoms with Gasteiger partial charge in [-0.2, -0.15) is 0 Å². The van der Waals surface area contributed by atoms with Crippen molar-refractivity contribution >= 4 is 17.9 Å². The third kappa shape index (κ3) is 4.40. The van der Waals surface area contributed by atoms with E-state index in [2.05, 4.69) is 5.32 Å². The van der Waals surface area contributed by atoms with Crippen LogP contribution in [-0.4, -0.2) is 76.7 Å². The normalized spacial score (nSPS) is 16.9. The number of carboxylic acid groups (broad SMARTS) is 1. The first-order valence-electron chi connectivity index (χ1n) is 6.10. The quantitative estimate of drug-likeness (QED) is 0.589. The second-order valence-electron chi connectivity index (χ2n) is 4.35. The average Bonchev–Trinajstić information content (AvgIpc) is 2.38. The molecule has 0 aromatic heterocycles. The standard InChI is InChI=1S/C11H19N3O5/c1-8(16)13-3-5-14(6-4-13)11(19)12-9(2-7-15)10(17)18/h9,15H,2-7H2,1H3,(H,12,19)(H,17,18)/t9-/m1/s1. The van der Waals surface area contributed by atoms with E-state index in [4.69, 9.17) is 10.2 Å². The highest BCUT2D eigenvalue weighted by molar-refractivity contribution is 5.82. The van der Waals surface area contributed by atoms with E-state index in [-0.39, 0.29) is 18.9 Å². The van der Waals surface area contributed by atoms with Crippen molar-refractivity contribution in [2.24, 2.45) is 0 Å². The van der Waals surface area contributed by atoms with Gasteiger partial charge in [-0.3, -0.25) is 4.79 Å². The van der Waals surface area contributed by atoms with Gasteiger partial charge in [-0.25, -0.2) is 9.59 Å². The molecule has 0 aromatic rings. The molecule has 108 valence electrons. The van der Waals surface area contributed by atoms with Crippen LogP contribution in [0.25, 0.3) is 0 Å². The molecule has 0 radical (unpaired) electrons. The van der Waals surface area contributed by atoms with Crippen LogP contribution >= 0.6 is 0 Å². The minimum atomic E-state index is -1.18. The molecule has 19 heavy (non-hydrogen) atoms. The van der Waals surface area contributed by atoms with Gasteiger partial charge in [0.1, 0.15) is 6.04 Å². The van der Waals surface area contributed by atoms with Crippen LogP contribution in [0, 0.1) is 0 Å². The molecule has 8 nitrogen and oxygen atoms in total. The number of aliphatic hydroxyl groups is 1. The molecule has 0 unspecified atom stereocenters. The second-order valence-corrected chi connectivity index (χ2v) is 4.35. The van der Waals surface area contributed by atoms with Crippen molar-refractivity contribution < 1.29 is 24.6 Å². The minimum absolute atomic E-state index is 0.0332. The summed E-state index contributed by atoms with van der Waals surface area (Å²) >= 11 is 0. The van der Waals surface area contributed by atoms with Gasteiger partial charge in [0.05, 0.1) is 0 Å². The van der Waals surface area contributed by atoms with Gasteiger partial charge >= 0.3 is 12.0 Å². The molecule has 0 aliphatic carbocycles. The van der Waals surface area contributed by atoms with Gasteiger partial charge in [-0.05, 0) is 0 Å². The monoisotopic (exact) mass is 273 g/mol. The largest absolute Gasteiger partial charge is 0.480 e. The van der Waals surface area contributed by atoms with E-state index in [0.29, 0.717) is 26.2 Å². The molecule has 8 heteroatoms. The lowest BCUT2D eigenvalue weighted by Gasteiger charge is -2.34. The molecule has 1 aliphatic rings. The summed E-state index contributed by atoms with van der Waals surface area (Å²) in [4.78, 5) is 36.9. The Morgan fingerprint density at radius 3 is 2.11 bits per heavy atom. The summed E-state index contributed by atoms with van der Waals surface area (Å²) in [5.41, 5.74) is 0. The summed E-state index contributed by atoms with van der Waals surface area (Å²) in [6.45, 7) is 2.79. The highest BCUT2D eigenvalue weighted by Crippen LogP contribution is 2.03. The highest BCUT2D eigenvalue weighted by Gasteiger charge is 2.26. The van der Waals surface area contributed by atoms with Crippen molar-refractivity contribution in [3.8, 4) is 0 Å². The van der Waals surface area contributed by atoms with Gasteiger partial charge in [0.2, 0.25) is 5.91 Å². The fourth-order valence-corrected chi connectivity index (χ4v) is 1.85. The number of amides is 3. The Morgan fingerprint density at radius 2 is 1.68 bits per heavy atom. The van der Waals surface area contributed by atoms with Crippen LogP contribution < -0.4 is 5.32 Å². The third-order valence-electron chi connectivity index (χ3n) is 3.03. The number of aliphatic hydroxyl groups excluding tert-OH is 1. The number of hydrogen-bond acceptors (Lipinski definition) is 4. The molecular formula is C11H19N3O5. The average molecular weight is 273 g/mol. The zero-order valence-electron chi connectivity index (χ0n) is 10.8. The summed E-state index contributed by atoms with van der Waals surface area (Å²) in [7, 11) is 0. The van der Waals surface area contributed by atoms with E-state index in [9.17, 15) is 14.4 Å². The van der Waals surface area contributed by atoms with Gasteiger partial charge in [0, 0.05) is 46.1 Å². The van der Waals surface area contributed by atoms with Crippen LogP contribution in [0.3, 0.4) is 0 Å². The van der Waals surface area contributed by atoms with Gasteiger partial charge in [0.15, 0.2) is 0 Å². The zero-order valence-corrected chi connectivity index (χ0v) is 10.8. The van der Waals surface area contributed by atoms with E-state index in [1.165, 1.54) is 11.8 Å². The first-order valence-corrected chi connectivity index (χ1v) is 6.10. The molecule has 0 aromatic carbocycles. The third-order valence-corrected chi connectivity index (χ3v) is 3.03. The smallest absolute Gasteiger partial charge is 0.326 e. The predicted molar refractivity (Wildman–Crippen MR) is 65.5 cm³/mol. The van der Waals surface area contributed by atoms with Gasteiger partial charge < -0.3 is 25.3 Å². The van der Waals surface area contributed by atoms with E-state index in [1.807, 2.05) is 0 Å². The predicted octanol–water partition coefficient (Wildman–Crippen LogP) is -1.30. The number of carbonyl (C=O) groups excluding carboxylic acids is 2. The molecule has 3 amide bonds. The maximum Gasteiger partial charge on any atom is 0.326 e. The van der Waals surface area contributed by atoms with Crippen LogP contribution in [0.2, 0.25) is 0 Å². The van der Waals surface area contributed by atoms with Crippen LogP contribution in [0.15, 0.2) is 0 Å². The molecule has 0 spiro atoms. The Kier molecular flexibility index (Phi) is 5.56. The van der Waals surface area contributed by atoms with E-state index in [1.54, 1.807) is 4.90 Å². The molecule has 1 fully saturated rings. The Balaban J connectivity index is 2.46. The summed E-state index contributed by atoms with van der Waals surface area (Å²) < 4.78 is 0. The minimum Gasteiger partial charge on any atom is -0.480 e. The van der Waals surface area contributed by atoms with E-state index < -0.39 is 18.0 Å². The Labute approximate surface area is 111 Å². The number of hydrogen-bond donors (Lipinski definition) is 3. The molecule has 0 saturated carbocycles. The van der Waals surface area contributed by atoms with Crippen molar-refractivity contribution in [1.29, 1.82) is 0 Å². The van der Waals surface area contributed by atoms with Crippen LogP contribution in [0.5, 0.6) is 0 Å². The fraction of sp³-hybridized carbons (Fsp3) is 0.727. The molecule has 1 atom stereocenters. The molecule has 1 saturated heterocycles. The van der Waals surface area contributed by atoms with Gasteiger partial charge in [-0.15, -0.1) is 0 Å². The number of rotatable bonds is 4. The SMILES string of the molecule is CC(=O)N1CCN(C(=O)N[C@H](CCO)C(=O)O)CC1. The first kappa shape index (κ1) is 15.2. The number of nitrogens with zero attached hydrogens (tertiary/aromatic N) is 2. The second kappa shape index (κ2) is 6.93. The van der Waals surface area contributed by atoms with Crippen molar-refractivity contribution in [1.82, 2.24) is 15.1 Å². The molecule has 0 bridgehead atoms. The lowest BCUT2D eigenvalue weighted by atomic mass is 10.2. The summed E-state index contributed by atoms with van der Waals surface area (Å²) in [5.74, 6) is -1.21. The summed E-state index contributed by atoms with van der Waals surface area (Å²) in [6.07, 6.45) is -0.0332. The number of urea groups is 1. The Hall–Kier alpha value is -1.83. The number of piperazine rings is 1. The zero-order chi connectivity index (χ0) is 14.4. The summed E-state index contributed by atoms with van der Waals surface area (Å²) in [6, 6.07) is -1.58. The Bertz CT molecular complexity index is 352. The van der Waals surface area contributed by atoms with Crippen molar-refractivity contribution in [3.63, 3.8) is 0 Å². The number of carboxylic acids is 1. The summed E-state index contributed by atoms with van der Waals surface area (Å²) in [5, 5.41) is 20.0. The number of nitrogens with one attached hydrogen (secondary N) is 1. The van der Waals surface area contributed by atoms with Crippen LogP contribution in [-0.2, 0) is 9.59 Å². The van der Waals surface area contributed by atoms with E-state index in [0.717, 1.165) is 0 Å². The lowest BCUT2D eigenvalue weighted by molar-refractivity contribution is -0.139. The molecule has 1 aliphatic heterocycles. The van der Waals surface area contributed by atoms with E-state index >= 15 is 0 Å². The molecule has 1 rings (SSSR count).